The topological polar surface area (TPSA) is 151 Å². The van der Waals surface area contributed by atoms with E-state index in [9.17, 15) is 35.0 Å². The van der Waals surface area contributed by atoms with Crippen molar-refractivity contribution >= 4 is 10.8 Å². The van der Waals surface area contributed by atoms with Gasteiger partial charge in [-0.3, -0.25) is 4.21 Å². The first-order valence-electron chi connectivity index (χ1n) is 9.22. The molecule has 0 amide bonds. The summed E-state index contributed by atoms with van der Waals surface area (Å²) in [7, 11) is -1.11. The molecule has 1 heterocycles. The highest BCUT2D eigenvalue weighted by molar-refractivity contribution is 7.84. The molecule has 0 spiro atoms. The molecule has 2 aromatic carbocycles. The Hall–Kier alpha value is -2.16. The van der Waals surface area contributed by atoms with Crippen LogP contribution in [0.15, 0.2) is 47.4 Å². The van der Waals surface area contributed by atoms with E-state index in [0.717, 1.165) is 5.56 Å². The molecule has 1 fully saturated rings. The Balaban J connectivity index is 1.97. The number of rotatable bonds is 5. The lowest BCUT2D eigenvalue weighted by molar-refractivity contribution is -0.357. The lowest BCUT2D eigenvalue weighted by Gasteiger charge is -2.45. The van der Waals surface area contributed by atoms with E-state index in [1.807, 2.05) is 0 Å². The van der Waals surface area contributed by atoms with Gasteiger partial charge in [0.2, 0.25) is 5.79 Å². The van der Waals surface area contributed by atoms with E-state index in [0.29, 0.717) is 22.4 Å². The maximum atomic E-state index is 11.5. The molecule has 160 valence electrons. The average molecular weight is 433 g/mol. The molecule has 1 unspecified atom stereocenters. The fourth-order valence-corrected chi connectivity index (χ4v) is 4.00. The van der Waals surface area contributed by atoms with Gasteiger partial charge in [-0.25, -0.2) is 0 Å². The summed E-state index contributed by atoms with van der Waals surface area (Å²) in [5.41, 5.74) is 1.78. The van der Waals surface area contributed by atoms with E-state index in [2.05, 4.69) is 6.07 Å². The minimum Gasteiger partial charge on any atom is -0.394 e. The molecule has 0 bridgehead atoms. The van der Waals surface area contributed by atoms with Crippen molar-refractivity contribution in [2.24, 2.45) is 0 Å². The molecule has 0 aromatic heterocycles. The minimum absolute atomic E-state index is 0.0692. The molecule has 5 N–H and O–H groups in total. The number of aliphatic hydroxyl groups excluding tert-OH is 4. The zero-order valence-electron chi connectivity index (χ0n) is 16.2. The van der Waals surface area contributed by atoms with Gasteiger partial charge in [-0.05, 0) is 41.8 Å². The van der Waals surface area contributed by atoms with Crippen LogP contribution >= 0.6 is 0 Å². The third-order valence-electron chi connectivity index (χ3n) is 5.26. The fraction of sp³-hybridized carbons (Fsp3) is 0.381. The number of hydrogen-bond acceptors (Lipinski definition) is 8. The predicted molar refractivity (Wildman–Crippen MR) is 107 cm³/mol. The van der Waals surface area contributed by atoms with Crippen molar-refractivity contribution in [1.29, 1.82) is 5.26 Å². The summed E-state index contributed by atoms with van der Waals surface area (Å²) in [6.07, 6.45) is -4.63. The van der Waals surface area contributed by atoms with E-state index in [-0.39, 0.29) is 5.56 Å². The number of ether oxygens (including phenoxy) is 1. The lowest BCUT2D eigenvalue weighted by Crippen LogP contribution is -2.63. The van der Waals surface area contributed by atoms with Gasteiger partial charge in [0.1, 0.15) is 24.4 Å². The van der Waals surface area contributed by atoms with Gasteiger partial charge in [-0.2, -0.15) is 5.26 Å². The first kappa shape index (κ1) is 22.5. The van der Waals surface area contributed by atoms with Crippen LogP contribution in [0.25, 0.3) is 0 Å². The quantitative estimate of drug-likeness (QED) is 0.424. The molecule has 1 aliphatic heterocycles. The van der Waals surface area contributed by atoms with Gasteiger partial charge in [-0.15, -0.1) is 0 Å². The van der Waals surface area contributed by atoms with Crippen LogP contribution in [0.4, 0.5) is 0 Å². The Morgan fingerprint density at radius 3 is 2.37 bits per heavy atom. The molecule has 1 aliphatic rings. The van der Waals surface area contributed by atoms with Crippen molar-refractivity contribution < 1.29 is 34.5 Å². The summed E-state index contributed by atoms with van der Waals surface area (Å²) in [5.74, 6) is -2.39. The molecule has 30 heavy (non-hydrogen) atoms. The Morgan fingerprint density at radius 2 is 1.80 bits per heavy atom. The van der Waals surface area contributed by atoms with Crippen LogP contribution in [-0.4, -0.2) is 67.0 Å². The Kier molecular flexibility index (Phi) is 6.69. The Labute approximate surface area is 176 Å². The highest BCUT2D eigenvalue weighted by Gasteiger charge is 2.53. The molecule has 0 radical (unpaired) electrons. The van der Waals surface area contributed by atoms with E-state index in [4.69, 9.17) is 4.74 Å². The highest BCUT2D eigenvalue weighted by Crippen LogP contribution is 2.37. The number of nitrogens with zero attached hydrogens (tertiary/aromatic N) is 1. The molecule has 9 heteroatoms. The largest absolute Gasteiger partial charge is 0.394 e. The van der Waals surface area contributed by atoms with E-state index < -0.39 is 47.6 Å². The van der Waals surface area contributed by atoms with Crippen molar-refractivity contribution in [3.63, 3.8) is 0 Å². The fourth-order valence-electron chi connectivity index (χ4n) is 3.48. The summed E-state index contributed by atoms with van der Waals surface area (Å²) in [5, 5.41) is 60.2. The maximum Gasteiger partial charge on any atom is 0.222 e. The number of hydrogen-bond donors (Lipinski definition) is 5. The molecule has 1 saturated heterocycles. The summed E-state index contributed by atoms with van der Waals surface area (Å²) >= 11 is 0. The molecule has 2 aromatic rings. The van der Waals surface area contributed by atoms with Gasteiger partial charge in [0, 0.05) is 27.5 Å². The standard InChI is InChI=1S/C21H23NO7S/c1-30(28)16-6-2-12(3-7-16)8-14-9-15(5-4-13(14)10-22)21(27)20(26)19(25)18(24)17(11-23)29-21/h2-7,9,17-20,23-27H,8,11H2,1H3/t17-,18-,19+,20-,21+,30?/m1/s1. The maximum absolute atomic E-state index is 11.5. The van der Waals surface area contributed by atoms with Crippen molar-refractivity contribution in [1.82, 2.24) is 0 Å². The van der Waals surface area contributed by atoms with Crippen molar-refractivity contribution in [3.8, 4) is 6.07 Å². The van der Waals surface area contributed by atoms with Gasteiger partial charge in [0.15, 0.2) is 0 Å². The second-order valence-electron chi connectivity index (χ2n) is 7.22. The van der Waals surface area contributed by atoms with Gasteiger partial charge >= 0.3 is 0 Å². The van der Waals surface area contributed by atoms with Gasteiger partial charge < -0.3 is 30.3 Å². The Morgan fingerprint density at radius 1 is 1.13 bits per heavy atom. The molecule has 8 nitrogen and oxygen atoms in total. The van der Waals surface area contributed by atoms with Gasteiger partial charge in [0.25, 0.3) is 0 Å². The van der Waals surface area contributed by atoms with Gasteiger partial charge in [-0.1, -0.05) is 18.2 Å². The third-order valence-corrected chi connectivity index (χ3v) is 6.19. The Bertz CT molecular complexity index is 972. The first-order valence-corrected chi connectivity index (χ1v) is 10.8. The molecule has 0 aliphatic carbocycles. The zero-order chi connectivity index (χ0) is 22.1. The van der Waals surface area contributed by atoms with Crippen LogP contribution in [0, 0.1) is 11.3 Å². The number of nitriles is 1. The minimum atomic E-state index is -2.39. The third kappa shape index (κ3) is 4.17. The summed E-state index contributed by atoms with van der Waals surface area (Å²) < 4.78 is 16.9. The highest BCUT2D eigenvalue weighted by atomic mass is 32.2. The van der Waals surface area contributed by atoms with Crippen LogP contribution in [0.5, 0.6) is 0 Å². The molecule has 6 atom stereocenters. The van der Waals surface area contributed by atoms with Crippen molar-refractivity contribution in [2.45, 2.75) is 41.5 Å². The van der Waals surface area contributed by atoms with Gasteiger partial charge in [0.05, 0.1) is 18.2 Å². The normalized spacial score (nSPS) is 29.9. The molecular weight excluding hydrogens is 410 g/mol. The summed E-state index contributed by atoms with van der Waals surface area (Å²) in [6, 6.07) is 13.4. The van der Waals surface area contributed by atoms with Crippen LogP contribution in [0.3, 0.4) is 0 Å². The smallest absolute Gasteiger partial charge is 0.222 e. The predicted octanol–water partition coefficient (Wildman–Crippen LogP) is -0.495. The molecular formula is C21H23NO7S. The summed E-state index contributed by atoms with van der Waals surface area (Å²) in [6.45, 7) is -0.679. The first-order chi connectivity index (χ1) is 14.2. The average Bonchev–Trinajstić information content (AvgIpc) is 2.75. The SMILES string of the molecule is CS(=O)c1ccc(Cc2cc([C@]3(O)O[C@H](CO)[C@@H](O)[C@H](O)[C@H]3O)ccc2C#N)cc1. The van der Waals surface area contributed by atoms with E-state index >= 15 is 0 Å². The lowest BCUT2D eigenvalue weighted by atomic mass is 9.86. The van der Waals surface area contributed by atoms with Crippen LogP contribution in [0.1, 0.15) is 22.3 Å². The van der Waals surface area contributed by atoms with Crippen LogP contribution in [0.2, 0.25) is 0 Å². The zero-order valence-corrected chi connectivity index (χ0v) is 17.0. The second kappa shape index (κ2) is 8.91. The van der Waals surface area contributed by atoms with E-state index in [1.165, 1.54) is 18.2 Å². The monoisotopic (exact) mass is 433 g/mol. The van der Waals surface area contributed by atoms with E-state index in [1.54, 1.807) is 30.5 Å². The second-order valence-corrected chi connectivity index (χ2v) is 8.60. The van der Waals surface area contributed by atoms with Crippen molar-refractivity contribution in [2.75, 3.05) is 12.9 Å². The number of aliphatic hydroxyl groups is 5. The molecule has 3 rings (SSSR count). The van der Waals surface area contributed by atoms with Crippen LogP contribution < -0.4 is 0 Å². The molecule has 0 saturated carbocycles. The summed E-state index contributed by atoms with van der Waals surface area (Å²) in [4.78, 5) is 0.670. The van der Waals surface area contributed by atoms with Crippen molar-refractivity contribution in [3.05, 3.63) is 64.7 Å². The number of benzene rings is 2. The van der Waals surface area contributed by atoms with Crippen LogP contribution in [-0.2, 0) is 27.7 Å².